The van der Waals surface area contributed by atoms with Gasteiger partial charge >= 0.3 is 5.97 Å². The van der Waals surface area contributed by atoms with Crippen molar-refractivity contribution in [1.29, 1.82) is 0 Å². The van der Waals surface area contributed by atoms with E-state index in [9.17, 15) is 4.79 Å². The van der Waals surface area contributed by atoms with Crippen molar-refractivity contribution in [3.8, 4) is 0 Å². The molecule has 0 fully saturated rings. The Balaban J connectivity index is 1.88. The number of carbonyl (C=O) groups excluding carboxylic acids is 1. The quantitative estimate of drug-likeness (QED) is 0.675. The molecule has 2 aromatic rings. The van der Waals surface area contributed by atoms with E-state index in [0.29, 0.717) is 12.2 Å². The second-order valence-corrected chi connectivity index (χ2v) is 8.26. The average Bonchev–Trinajstić information content (AvgIpc) is 2.67. The largest absolute Gasteiger partial charge is 0.463 e. The fourth-order valence-corrected chi connectivity index (χ4v) is 4.79. The van der Waals surface area contributed by atoms with Crippen LogP contribution in [0.25, 0.3) is 0 Å². The predicted molar refractivity (Wildman–Crippen MR) is 121 cm³/mol. The van der Waals surface area contributed by atoms with Gasteiger partial charge in [0.2, 0.25) is 0 Å². The van der Waals surface area contributed by atoms with Gasteiger partial charge in [-0.2, -0.15) is 0 Å². The number of nitrogens with one attached hydrogen (secondary N) is 1. The maximum absolute atomic E-state index is 12.6. The molecule has 1 atom stereocenters. The highest BCUT2D eigenvalue weighted by molar-refractivity contribution is 8.13. The number of thioether (sulfide) groups is 1. The number of nitrogens with zero attached hydrogens (tertiary/aromatic N) is 1. The Morgan fingerprint density at radius 1 is 1.10 bits per heavy atom. The molecule has 4 nitrogen and oxygen atoms in total. The highest BCUT2D eigenvalue weighted by Crippen LogP contribution is 2.33. The van der Waals surface area contributed by atoms with Crippen molar-refractivity contribution >= 4 is 22.9 Å². The van der Waals surface area contributed by atoms with Crippen LogP contribution in [0, 0.1) is 20.8 Å². The van der Waals surface area contributed by atoms with Crippen LogP contribution < -0.4 is 5.32 Å². The molecule has 1 N–H and O–H groups in total. The van der Waals surface area contributed by atoms with Gasteiger partial charge in [-0.3, -0.25) is 0 Å². The van der Waals surface area contributed by atoms with E-state index in [-0.39, 0.29) is 12.0 Å². The molecule has 0 unspecified atom stereocenters. The van der Waals surface area contributed by atoms with Crippen molar-refractivity contribution in [1.82, 2.24) is 5.32 Å². The van der Waals surface area contributed by atoms with Crippen molar-refractivity contribution in [3.63, 3.8) is 0 Å². The van der Waals surface area contributed by atoms with E-state index in [1.54, 1.807) is 11.8 Å². The highest BCUT2D eigenvalue weighted by Gasteiger charge is 2.30. The van der Waals surface area contributed by atoms with Crippen LogP contribution in [-0.4, -0.2) is 17.7 Å². The molecule has 29 heavy (non-hydrogen) atoms. The lowest BCUT2D eigenvalue weighted by molar-refractivity contribution is -0.138. The number of allylic oxidation sites excluding steroid dienone is 1. The van der Waals surface area contributed by atoms with Crippen LogP contribution in [0.1, 0.15) is 47.7 Å². The Labute approximate surface area is 177 Å². The zero-order valence-corrected chi connectivity index (χ0v) is 18.5. The molecule has 0 saturated heterocycles. The molecule has 0 radical (unpaired) electrons. The Morgan fingerprint density at radius 2 is 1.76 bits per heavy atom. The summed E-state index contributed by atoms with van der Waals surface area (Å²) < 4.78 is 5.30. The molecule has 0 aromatic heterocycles. The molecule has 1 aliphatic heterocycles. The summed E-state index contributed by atoms with van der Waals surface area (Å²) in [7, 11) is 0. The summed E-state index contributed by atoms with van der Waals surface area (Å²) in [5, 5.41) is 4.14. The number of esters is 1. The number of amidine groups is 1. The maximum atomic E-state index is 12.6. The maximum Gasteiger partial charge on any atom is 0.338 e. The Kier molecular flexibility index (Phi) is 6.80. The third kappa shape index (κ3) is 4.91. The van der Waals surface area contributed by atoms with Crippen molar-refractivity contribution in [2.24, 2.45) is 4.99 Å². The lowest BCUT2D eigenvalue weighted by Gasteiger charge is -2.26. The first kappa shape index (κ1) is 21.2. The topological polar surface area (TPSA) is 50.7 Å². The molecule has 0 spiro atoms. The Morgan fingerprint density at radius 3 is 2.38 bits per heavy atom. The molecule has 0 aliphatic carbocycles. The minimum atomic E-state index is -0.362. The highest BCUT2D eigenvalue weighted by atomic mass is 32.2. The Bertz CT molecular complexity index is 941. The third-order valence-corrected chi connectivity index (χ3v) is 5.94. The summed E-state index contributed by atoms with van der Waals surface area (Å²) in [4.78, 5) is 17.5. The number of aryl methyl sites for hydroxylation is 3. The molecule has 2 aromatic carbocycles. The minimum Gasteiger partial charge on any atom is -0.463 e. The van der Waals surface area contributed by atoms with Crippen LogP contribution in [0.5, 0.6) is 0 Å². The lowest BCUT2D eigenvalue weighted by Crippen LogP contribution is -2.30. The van der Waals surface area contributed by atoms with Crippen molar-refractivity contribution in [3.05, 3.63) is 81.6 Å². The molecular weight excluding hydrogens is 380 g/mol. The van der Waals surface area contributed by atoms with Crippen LogP contribution in [0.3, 0.4) is 0 Å². The van der Waals surface area contributed by atoms with E-state index in [0.717, 1.165) is 22.2 Å². The molecule has 0 saturated carbocycles. The normalized spacial score (nSPS) is 16.3. The van der Waals surface area contributed by atoms with Gasteiger partial charge in [0.05, 0.1) is 12.2 Å². The summed E-state index contributed by atoms with van der Waals surface area (Å²) in [6, 6.07) is 14.0. The monoisotopic (exact) mass is 408 g/mol. The van der Waals surface area contributed by atoms with E-state index in [2.05, 4.69) is 38.2 Å². The van der Waals surface area contributed by atoms with E-state index in [4.69, 9.17) is 9.73 Å². The molecule has 5 heteroatoms. The standard InChI is InChI=1S/C24H28N2O2S/c1-6-28-23(27)21-18(5)25-24(26-22(21)19-10-8-7-9-11-19)29-14-20-16(3)12-15(2)13-17(20)4/h7-13,22H,6,14H2,1-5H3,(H,25,26)/t22-/m0/s1. The van der Waals surface area contributed by atoms with E-state index >= 15 is 0 Å². The first-order chi connectivity index (χ1) is 13.9. The van der Waals surface area contributed by atoms with Gasteiger partial charge < -0.3 is 10.1 Å². The molecule has 0 amide bonds. The molecule has 1 heterocycles. The lowest BCUT2D eigenvalue weighted by atomic mass is 9.97. The van der Waals surface area contributed by atoms with Crippen LogP contribution >= 0.6 is 11.8 Å². The zero-order chi connectivity index (χ0) is 21.0. The van der Waals surface area contributed by atoms with Gasteiger partial charge in [-0.05, 0) is 56.9 Å². The number of hydrogen-bond donors (Lipinski definition) is 1. The molecule has 3 rings (SSSR count). The zero-order valence-electron chi connectivity index (χ0n) is 17.7. The molecule has 0 bridgehead atoms. The molecule has 1 aliphatic rings. The third-order valence-electron chi connectivity index (χ3n) is 5.02. The Hall–Kier alpha value is -2.53. The van der Waals surface area contributed by atoms with Crippen LogP contribution in [0.15, 0.2) is 58.7 Å². The van der Waals surface area contributed by atoms with Gasteiger partial charge in [0.1, 0.15) is 6.04 Å². The number of carbonyl (C=O) groups is 1. The van der Waals surface area contributed by atoms with Crippen molar-refractivity contribution in [2.45, 2.75) is 46.4 Å². The fourth-order valence-electron chi connectivity index (χ4n) is 3.65. The number of benzene rings is 2. The number of ether oxygens (including phenoxy) is 1. The van der Waals surface area contributed by atoms with Crippen LogP contribution in [-0.2, 0) is 15.3 Å². The van der Waals surface area contributed by atoms with Gasteiger partial charge in [0, 0.05) is 11.4 Å². The summed E-state index contributed by atoms with van der Waals surface area (Å²) >= 11 is 1.67. The predicted octanol–water partition coefficient (Wildman–Crippen LogP) is 5.38. The van der Waals surface area contributed by atoms with Gasteiger partial charge in [0.25, 0.3) is 0 Å². The van der Waals surface area contributed by atoms with Crippen LogP contribution in [0.4, 0.5) is 0 Å². The van der Waals surface area contributed by atoms with E-state index < -0.39 is 0 Å². The molecular formula is C24H28N2O2S. The number of rotatable bonds is 5. The van der Waals surface area contributed by atoms with E-state index in [1.165, 1.54) is 22.3 Å². The second-order valence-electron chi connectivity index (χ2n) is 7.30. The number of aliphatic imine (C=N–C) groups is 1. The smallest absolute Gasteiger partial charge is 0.338 e. The van der Waals surface area contributed by atoms with E-state index in [1.807, 2.05) is 44.2 Å². The van der Waals surface area contributed by atoms with Crippen LogP contribution in [0.2, 0.25) is 0 Å². The van der Waals surface area contributed by atoms with Gasteiger partial charge in [0.15, 0.2) is 5.17 Å². The van der Waals surface area contributed by atoms with Gasteiger partial charge in [-0.25, -0.2) is 9.79 Å². The van der Waals surface area contributed by atoms with Crippen molar-refractivity contribution in [2.75, 3.05) is 6.61 Å². The second kappa shape index (κ2) is 9.31. The number of hydrogen-bond acceptors (Lipinski definition) is 5. The van der Waals surface area contributed by atoms with Gasteiger partial charge in [-0.1, -0.05) is 59.8 Å². The first-order valence-electron chi connectivity index (χ1n) is 9.87. The SMILES string of the molecule is CCOC(=O)C1=C(C)NC(SCc2c(C)cc(C)cc2C)=N[C@H]1c1ccccc1. The summed E-state index contributed by atoms with van der Waals surface area (Å²) in [5.41, 5.74) is 7.56. The average molecular weight is 409 g/mol. The first-order valence-corrected chi connectivity index (χ1v) is 10.9. The van der Waals surface area contributed by atoms with Crippen molar-refractivity contribution < 1.29 is 9.53 Å². The summed E-state index contributed by atoms with van der Waals surface area (Å²) in [5.74, 6) is 0.511. The summed E-state index contributed by atoms with van der Waals surface area (Å²) in [6.07, 6.45) is 0. The minimum absolute atomic E-state index is 0.315. The fraction of sp³-hybridized carbons (Fsp3) is 0.333. The summed E-state index contributed by atoms with van der Waals surface area (Å²) in [6.45, 7) is 10.5. The van der Waals surface area contributed by atoms with Gasteiger partial charge in [-0.15, -0.1) is 0 Å². The molecule has 152 valence electrons.